The maximum atomic E-state index is 12.5. The van der Waals surface area contributed by atoms with E-state index < -0.39 is 11.6 Å². The van der Waals surface area contributed by atoms with Crippen LogP contribution in [0.3, 0.4) is 0 Å². The van der Waals surface area contributed by atoms with Gasteiger partial charge >= 0.3 is 0 Å². The molecule has 0 bridgehead atoms. The second-order valence-corrected chi connectivity index (χ2v) is 2.95. The van der Waals surface area contributed by atoms with Crippen molar-refractivity contribution in [3.05, 3.63) is 27.3 Å². The number of nitrogens with two attached hydrogens (primary N) is 1. The molecule has 0 aliphatic carbocycles. The topological polar surface area (TPSA) is 26.0 Å². The third-order valence-electron chi connectivity index (χ3n) is 1.04. The van der Waals surface area contributed by atoms with Crippen LogP contribution in [-0.4, -0.2) is 0 Å². The van der Waals surface area contributed by atoms with Crippen molar-refractivity contribution in [1.82, 2.24) is 0 Å². The second kappa shape index (κ2) is 2.69. The van der Waals surface area contributed by atoms with Crippen molar-refractivity contribution in [1.29, 1.82) is 0 Å². The first-order chi connectivity index (χ1) is 4.61. The molecule has 54 valence electrons. The quantitative estimate of drug-likeness (QED) is 0.429. The first-order valence-electron chi connectivity index (χ1n) is 2.51. The lowest BCUT2D eigenvalue weighted by Gasteiger charge is -1.97. The maximum Gasteiger partial charge on any atom is 0.149 e. The van der Waals surface area contributed by atoms with Crippen LogP contribution in [0.1, 0.15) is 0 Å². The summed E-state index contributed by atoms with van der Waals surface area (Å²) in [6, 6.07) is 2.03. The zero-order valence-electron chi connectivity index (χ0n) is 4.87. The van der Waals surface area contributed by atoms with Crippen molar-refractivity contribution in [2.24, 2.45) is 0 Å². The summed E-state index contributed by atoms with van der Waals surface area (Å²) < 4.78 is 25.2. The van der Waals surface area contributed by atoms with Gasteiger partial charge in [0.15, 0.2) is 0 Å². The highest BCUT2D eigenvalue weighted by Gasteiger charge is 2.03. The Morgan fingerprint density at radius 2 is 1.80 bits per heavy atom. The lowest BCUT2D eigenvalue weighted by molar-refractivity contribution is 0.581. The molecule has 0 heterocycles. The molecule has 4 heteroatoms. The highest BCUT2D eigenvalue weighted by Crippen LogP contribution is 2.17. The van der Waals surface area contributed by atoms with Crippen LogP contribution < -0.4 is 5.73 Å². The fourth-order valence-corrected chi connectivity index (χ4v) is 1.03. The molecule has 10 heavy (non-hydrogen) atoms. The van der Waals surface area contributed by atoms with Gasteiger partial charge in [-0.3, -0.25) is 0 Å². The fraction of sp³-hybridized carbons (Fsp3) is 0. The highest BCUT2D eigenvalue weighted by atomic mass is 127. The highest BCUT2D eigenvalue weighted by molar-refractivity contribution is 14.1. The Kier molecular flexibility index (Phi) is 2.08. The van der Waals surface area contributed by atoms with Crippen LogP contribution >= 0.6 is 22.6 Å². The SMILES string of the molecule is Nc1cc(I)c(F)cc1F. The summed E-state index contributed by atoms with van der Waals surface area (Å²) in [6.45, 7) is 0. The van der Waals surface area contributed by atoms with Gasteiger partial charge in [-0.2, -0.15) is 0 Å². The van der Waals surface area contributed by atoms with Crippen LogP contribution in [0.15, 0.2) is 12.1 Å². The number of benzene rings is 1. The third kappa shape index (κ3) is 1.36. The van der Waals surface area contributed by atoms with Gasteiger partial charge < -0.3 is 5.73 Å². The summed E-state index contributed by atoms with van der Waals surface area (Å²) in [4.78, 5) is 0. The smallest absolute Gasteiger partial charge is 0.149 e. The maximum absolute atomic E-state index is 12.5. The molecule has 0 amide bonds. The minimum atomic E-state index is -0.710. The second-order valence-electron chi connectivity index (χ2n) is 1.79. The van der Waals surface area contributed by atoms with Gasteiger partial charge in [-0.1, -0.05) is 0 Å². The summed E-state index contributed by atoms with van der Waals surface area (Å²) in [5.74, 6) is -1.29. The van der Waals surface area contributed by atoms with E-state index in [1.54, 1.807) is 22.6 Å². The molecule has 0 radical (unpaired) electrons. The molecule has 0 atom stereocenters. The Balaban J connectivity index is 3.28. The van der Waals surface area contributed by atoms with Crippen molar-refractivity contribution in [3.8, 4) is 0 Å². The Morgan fingerprint density at radius 1 is 1.20 bits per heavy atom. The van der Waals surface area contributed by atoms with Crippen LogP contribution in [0.25, 0.3) is 0 Å². The van der Waals surface area contributed by atoms with Gasteiger partial charge in [0, 0.05) is 6.07 Å². The lowest BCUT2D eigenvalue weighted by atomic mass is 10.3. The van der Waals surface area contributed by atoms with Crippen molar-refractivity contribution < 1.29 is 8.78 Å². The van der Waals surface area contributed by atoms with Crippen LogP contribution in [0, 0.1) is 15.2 Å². The van der Waals surface area contributed by atoms with Crippen molar-refractivity contribution in [2.45, 2.75) is 0 Å². The van der Waals surface area contributed by atoms with Gasteiger partial charge in [0.2, 0.25) is 0 Å². The van der Waals surface area contributed by atoms with E-state index in [0.717, 1.165) is 6.07 Å². The van der Waals surface area contributed by atoms with Gasteiger partial charge in [-0.05, 0) is 28.7 Å². The minimum Gasteiger partial charge on any atom is -0.396 e. The summed E-state index contributed by atoms with van der Waals surface area (Å²) in [5, 5.41) is 0. The van der Waals surface area contributed by atoms with Crippen LogP contribution in [-0.2, 0) is 0 Å². The van der Waals surface area contributed by atoms with Crippen molar-refractivity contribution >= 4 is 28.3 Å². The average Bonchev–Trinajstić information content (AvgIpc) is 1.84. The number of halogens is 3. The largest absolute Gasteiger partial charge is 0.396 e. The minimum absolute atomic E-state index is 0.0224. The molecular formula is C6H4F2IN. The first kappa shape index (κ1) is 7.71. The standard InChI is InChI=1S/C6H4F2IN/c7-3-1-4(8)6(10)2-5(3)9/h1-2H,10H2. The Morgan fingerprint density at radius 3 is 2.30 bits per heavy atom. The molecule has 0 aliphatic heterocycles. The Bertz CT molecular complexity index is 212. The Hall–Kier alpha value is -0.390. The van der Waals surface area contributed by atoms with E-state index in [9.17, 15) is 8.78 Å². The normalized spacial score (nSPS) is 9.90. The molecule has 0 unspecified atom stereocenters. The van der Waals surface area contributed by atoms with Crippen molar-refractivity contribution in [3.63, 3.8) is 0 Å². The van der Waals surface area contributed by atoms with Crippen LogP contribution in [0.5, 0.6) is 0 Å². The van der Waals surface area contributed by atoms with Crippen LogP contribution in [0.4, 0.5) is 14.5 Å². The summed E-state index contributed by atoms with van der Waals surface area (Å²) in [6.07, 6.45) is 0. The van der Waals surface area contributed by atoms with E-state index in [0.29, 0.717) is 3.57 Å². The predicted molar refractivity (Wildman–Crippen MR) is 43.5 cm³/mol. The average molecular weight is 255 g/mol. The fourth-order valence-electron chi connectivity index (χ4n) is 0.538. The molecule has 0 saturated carbocycles. The van der Waals surface area contributed by atoms with E-state index in [4.69, 9.17) is 5.73 Å². The van der Waals surface area contributed by atoms with E-state index in [2.05, 4.69) is 0 Å². The molecule has 0 aromatic heterocycles. The molecule has 1 rings (SSSR count). The summed E-state index contributed by atoms with van der Waals surface area (Å²) >= 11 is 1.74. The molecule has 0 spiro atoms. The van der Waals surface area contributed by atoms with Gasteiger partial charge in [0.25, 0.3) is 0 Å². The van der Waals surface area contributed by atoms with E-state index >= 15 is 0 Å². The van der Waals surface area contributed by atoms with Crippen molar-refractivity contribution in [2.75, 3.05) is 5.73 Å². The summed E-state index contributed by atoms with van der Waals surface area (Å²) in [5.41, 5.74) is 5.12. The number of nitrogen functional groups attached to an aromatic ring is 1. The molecule has 0 fully saturated rings. The van der Waals surface area contributed by atoms with Gasteiger partial charge in [-0.15, -0.1) is 0 Å². The van der Waals surface area contributed by atoms with Gasteiger partial charge in [0.05, 0.1) is 9.26 Å². The number of hydrogen-bond acceptors (Lipinski definition) is 1. The predicted octanol–water partition coefficient (Wildman–Crippen LogP) is 2.15. The molecule has 1 aromatic carbocycles. The molecule has 0 aliphatic rings. The zero-order valence-corrected chi connectivity index (χ0v) is 7.02. The van der Waals surface area contributed by atoms with Gasteiger partial charge in [-0.25, -0.2) is 8.78 Å². The molecule has 0 saturated heterocycles. The van der Waals surface area contributed by atoms with Gasteiger partial charge in [0.1, 0.15) is 11.6 Å². The first-order valence-corrected chi connectivity index (χ1v) is 3.59. The third-order valence-corrected chi connectivity index (χ3v) is 1.87. The molecular weight excluding hydrogens is 251 g/mol. The molecule has 1 nitrogen and oxygen atoms in total. The number of anilines is 1. The summed E-state index contributed by atoms with van der Waals surface area (Å²) in [7, 11) is 0. The van der Waals surface area contributed by atoms with E-state index in [1.807, 2.05) is 0 Å². The van der Waals surface area contributed by atoms with Crippen LogP contribution in [0.2, 0.25) is 0 Å². The van der Waals surface area contributed by atoms with E-state index in [1.165, 1.54) is 6.07 Å². The lowest BCUT2D eigenvalue weighted by Crippen LogP contribution is -1.93. The zero-order chi connectivity index (χ0) is 7.72. The van der Waals surface area contributed by atoms with E-state index in [-0.39, 0.29) is 5.69 Å². The molecule has 1 aromatic rings. The molecule has 2 N–H and O–H groups in total. The monoisotopic (exact) mass is 255 g/mol. The number of rotatable bonds is 0. The Labute approximate surface area is 70.4 Å². The number of hydrogen-bond donors (Lipinski definition) is 1.